The van der Waals surface area contributed by atoms with E-state index in [1.807, 2.05) is 13.0 Å². The molecule has 11 heavy (non-hydrogen) atoms. The zero-order valence-electron chi connectivity index (χ0n) is 6.06. The Hall–Kier alpha value is 0.390. The standard InChI is InChI=1S/C8H8BrIO/c1-5-2-6(10)3-8(9)7(5)4-11/h2-3,11H,4H2,1H3. The molecule has 0 fully saturated rings. The first-order valence-corrected chi connectivity index (χ1v) is 5.07. The van der Waals surface area contributed by atoms with Crippen molar-refractivity contribution in [1.29, 1.82) is 0 Å². The predicted molar refractivity (Wildman–Crippen MR) is 57.5 cm³/mol. The van der Waals surface area contributed by atoms with Crippen molar-refractivity contribution in [1.82, 2.24) is 0 Å². The number of hydrogen-bond acceptors (Lipinski definition) is 1. The minimum absolute atomic E-state index is 0.101. The van der Waals surface area contributed by atoms with E-state index in [0.717, 1.165) is 15.6 Å². The molecule has 0 saturated carbocycles. The van der Waals surface area contributed by atoms with Gasteiger partial charge in [0.25, 0.3) is 0 Å². The van der Waals surface area contributed by atoms with Crippen LogP contribution < -0.4 is 0 Å². The van der Waals surface area contributed by atoms with Crippen LogP contribution >= 0.6 is 38.5 Å². The van der Waals surface area contributed by atoms with Crippen LogP contribution in [0.5, 0.6) is 0 Å². The Morgan fingerprint density at radius 3 is 2.64 bits per heavy atom. The average Bonchev–Trinajstić information content (AvgIpc) is 1.85. The van der Waals surface area contributed by atoms with Gasteiger partial charge in [-0.1, -0.05) is 15.9 Å². The molecule has 0 radical (unpaired) electrons. The topological polar surface area (TPSA) is 20.2 Å². The third-order valence-corrected chi connectivity index (χ3v) is 2.87. The van der Waals surface area contributed by atoms with Crippen LogP contribution in [0, 0.1) is 10.5 Å². The number of aliphatic hydroxyl groups is 1. The minimum atomic E-state index is 0.101. The SMILES string of the molecule is Cc1cc(I)cc(Br)c1CO. The predicted octanol–water partition coefficient (Wildman–Crippen LogP) is 2.85. The van der Waals surface area contributed by atoms with Gasteiger partial charge in [-0.25, -0.2) is 0 Å². The third kappa shape index (κ3) is 2.16. The van der Waals surface area contributed by atoms with Crippen LogP contribution in [0.25, 0.3) is 0 Å². The zero-order valence-corrected chi connectivity index (χ0v) is 9.81. The van der Waals surface area contributed by atoms with Crippen LogP contribution in [-0.2, 0) is 6.61 Å². The maximum absolute atomic E-state index is 8.96. The van der Waals surface area contributed by atoms with Crippen molar-refractivity contribution in [2.75, 3.05) is 0 Å². The monoisotopic (exact) mass is 326 g/mol. The van der Waals surface area contributed by atoms with Gasteiger partial charge in [0.1, 0.15) is 0 Å². The number of rotatable bonds is 1. The van der Waals surface area contributed by atoms with Crippen molar-refractivity contribution in [2.45, 2.75) is 13.5 Å². The molecule has 0 aliphatic rings. The van der Waals surface area contributed by atoms with Crippen molar-refractivity contribution >= 4 is 38.5 Å². The number of aryl methyl sites for hydroxylation is 1. The molecular weight excluding hydrogens is 319 g/mol. The Kier molecular flexibility index (Phi) is 3.33. The van der Waals surface area contributed by atoms with Gasteiger partial charge in [-0.05, 0) is 52.8 Å². The summed E-state index contributed by atoms with van der Waals surface area (Å²) in [6.45, 7) is 2.10. The summed E-state index contributed by atoms with van der Waals surface area (Å²) in [7, 11) is 0. The lowest BCUT2D eigenvalue weighted by molar-refractivity contribution is 0.280. The van der Waals surface area contributed by atoms with Gasteiger partial charge in [-0.3, -0.25) is 0 Å². The fourth-order valence-electron chi connectivity index (χ4n) is 0.932. The maximum Gasteiger partial charge on any atom is 0.0695 e. The summed E-state index contributed by atoms with van der Waals surface area (Å²) in [6.07, 6.45) is 0. The molecule has 0 unspecified atom stereocenters. The van der Waals surface area contributed by atoms with Crippen molar-refractivity contribution in [3.05, 3.63) is 31.3 Å². The van der Waals surface area contributed by atoms with Crippen LogP contribution in [0.15, 0.2) is 16.6 Å². The molecule has 1 rings (SSSR count). The smallest absolute Gasteiger partial charge is 0.0695 e. The molecular formula is C8H8BrIO. The van der Waals surface area contributed by atoms with Gasteiger partial charge >= 0.3 is 0 Å². The molecule has 1 aromatic carbocycles. The van der Waals surface area contributed by atoms with Crippen LogP contribution in [0.4, 0.5) is 0 Å². The quantitative estimate of drug-likeness (QED) is 0.787. The van der Waals surface area contributed by atoms with Crippen LogP contribution in [0.2, 0.25) is 0 Å². The Labute approximate surface area is 88.1 Å². The van der Waals surface area contributed by atoms with E-state index in [-0.39, 0.29) is 6.61 Å². The highest BCUT2D eigenvalue weighted by molar-refractivity contribution is 14.1. The molecule has 0 heterocycles. The maximum atomic E-state index is 8.96. The van der Waals surface area contributed by atoms with E-state index in [1.54, 1.807) is 0 Å². The van der Waals surface area contributed by atoms with Crippen molar-refractivity contribution < 1.29 is 5.11 Å². The van der Waals surface area contributed by atoms with E-state index >= 15 is 0 Å². The largest absolute Gasteiger partial charge is 0.392 e. The Morgan fingerprint density at radius 2 is 2.18 bits per heavy atom. The summed E-state index contributed by atoms with van der Waals surface area (Å²) < 4.78 is 2.17. The fourth-order valence-corrected chi connectivity index (χ4v) is 2.82. The van der Waals surface area contributed by atoms with Crippen molar-refractivity contribution in [3.8, 4) is 0 Å². The highest BCUT2D eigenvalue weighted by atomic mass is 127. The highest BCUT2D eigenvalue weighted by Crippen LogP contribution is 2.23. The van der Waals surface area contributed by atoms with Gasteiger partial charge in [0.2, 0.25) is 0 Å². The summed E-state index contributed by atoms with van der Waals surface area (Å²) in [6, 6.07) is 4.05. The number of hydrogen-bond donors (Lipinski definition) is 1. The molecule has 0 aliphatic heterocycles. The Balaban J connectivity index is 3.25. The second-order valence-corrected chi connectivity index (χ2v) is 4.44. The van der Waals surface area contributed by atoms with E-state index < -0.39 is 0 Å². The van der Waals surface area contributed by atoms with Gasteiger partial charge in [0.15, 0.2) is 0 Å². The highest BCUT2D eigenvalue weighted by Gasteiger charge is 2.02. The van der Waals surface area contributed by atoms with E-state index in [4.69, 9.17) is 5.11 Å². The third-order valence-electron chi connectivity index (χ3n) is 1.54. The molecule has 1 N–H and O–H groups in total. The van der Waals surface area contributed by atoms with Gasteiger partial charge in [0, 0.05) is 8.04 Å². The number of benzene rings is 1. The number of halogens is 2. The molecule has 0 amide bonds. The first kappa shape index (κ1) is 9.48. The fraction of sp³-hybridized carbons (Fsp3) is 0.250. The lowest BCUT2D eigenvalue weighted by atomic mass is 10.1. The van der Waals surface area contributed by atoms with E-state index in [1.165, 1.54) is 3.57 Å². The molecule has 3 heteroatoms. The molecule has 0 aliphatic carbocycles. The van der Waals surface area contributed by atoms with E-state index in [9.17, 15) is 0 Å². The first-order valence-electron chi connectivity index (χ1n) is 3.20. The van der Waals surface area contributed by atoms with Gasteiger partial charge in [0.05, 0.1) is 6.61 Å². The lowest BCUT2D eigenvalue weighted by Gasteiger charge is -2.05. The van der Waals surface area contributed by atoms with Gasteiger partial charge < -0.3 is 5.11 Å². The van der Waals surface area contributed by atoms with Crippen LogP contribution in [0.3, 0.4) is 0 Å². The summed E-state index contributed by atoms with van der Waals surface area (Å²) in [5, 5.41) is 8.96. The second kappa shape index (κ2) is 3.87. The Morgan fingerprint density at radius 1 is 1.55 bits per heavy atom. The van der Waals surface area contributed by atoms with E-state index in [0.29, 0.717) is 0 Å². The molecule has 1 nitrogen and oxygen atoms in total. The van der Waals surface area contributed by atoms with Gasteiger partial charge in [-0.2, -0.15) is 0 Å². The summed E-state index contributed by atoms with van der Waals surface area (Å²) in [5.41, 5.74) is 2.11. The van der Waals surface area contributed by atoms with Crippen LogP contribution in [-0.4, -0.2) is 5.11 Å². The molecule has 0 saturated heterocycles. The molecule has 1 aromatic rings. The van der Waals surface area contributed by atoms with E-state index in [2.05, 4.69) is 44.6 Å². The normalized spacial score (nSPS) is 10.2. The summed E-state index contributed by atoms with van der Waals surface area (Å²) >= 11 is 5.65. The first-order chi connectivity index (χ1) is 5.15. The van der Waals surface area contributed by atoms with Gasteiger partial charge in [-0.15, -0.1) is 0 Å². The number of aliphatic hydroxyl groups excluding tert-OH is 1. The Bertz CT molecular complexity index is 250. The molecule has 0 spiro atoms. The zero-order chi connectivity index (χ0) is 8.43. The average molecular weight is 327 g/mol. The molecule has 60 valence electrons. The van der Waals surface area contributed by atoms with Crippen molar-refractivity contribution in [3.63, 3.8) is 0 Å². The minimum Gasteiger partial charge on any atom is -0.392 e. The van der Waals surface area contributed by atoms with Crippen molar-refractivity contribution in [2.24, 2.45) is 0 Å². The molecule has 0 atom stereocenters. The second-order valence-electron chi connectivity index (χ2n) is 2.34. The summed E-state index contributed by atoms with van der Waals surface area (Å²) in [4.78, 5) is 0. The van der Waals surface area contributed by atoms with Crippen LogP contribution in [0.1, 0.15) is 11.1 Å². The summed E-state index contributed by atoms with van der Waals surface area (Å²) in [5.74, 6) is 0. The molecule has 0 aromatic heterocycles. The molecule has 0 bridgehead atoms. The lowest BCUT2D eigenvalue weighted by Crippen LogP contribution is -1.91.